The maximum atomic E-state index is 13.2. The number of carbonyl (C=O) groups is 2. The molecular weight excluding hydrogens is 442 g/mol. The average molecular weight is 463 g/mol. The van der Waals surface area contributed by atoms with Crippen LogP contribution in [0.3, 0.4) is 0 Å². The second-order valence-corrected chi connectivity index (χ2v) is 8.46. The lowest BCUT2D eigenvalue weighted by Gasteiger charge is -2.09. The number of aliphatic carboxylic acids is 1. The first-order valence-electron chi connectivity index (χ1n) is 10.1. The molecule has 2 aromatic carbocycles. The summed E-state index contributed by atoms with van der Waals surface area (Å²) in [6, 6.07) is 18.2. The highest BCUT2D eigenvalue weighted by Crippen LogP contribution is 2.32. The largest absolute Gasteiger partial charge is 0.550 e. The van der Waals surface area contributed by atoms with Crippen LogP contribution in [0, 0.1) is 6.92 Å². The molecular formula is C23H20N5O4S-. The van der Waals surface area contributed by atoms with E-state index in [0.29, 0.717) is 11.4 Å². The lowest BCUT2D eigenvalue weighted by Crippen LogP contribution is -2.32. The third-order valence-electron chi connectivity index (χ3n) is 5.12. The Morgan fingerprint density at radius 1 is 1.09 bits per heavy atom. The molecule has 0 spiro atoms. The highest BCUT2D eigenvalue weighted by Gasteiger charge is 2.38. The van der Waals surface area contributed by atoms with E-state index in [9.17, 15) is 19.5 Å². The van der Waals surface area contributed by atoms with Crippen LogP contribution in [0.4, 0.5) is 5.69 Å². The normalized spacial score (nSPS) is 17.4. The van der Waals surface area contributed by atoms with Crippen LogP contribution in [0.5, 0.6) is 0 Å². The molecule has 2 heterocycles. The molecule has 0 saturated carbocycles. The fourth-order valence-electron chi connectivity index (χ4n) is 3.36. The Hall–Kier alpha value is -3.92. The van der Waals surface area contributed by atoms with Gasteiger partial charge in [0.1, 0.15) is 0 Å². The minimum atomic E-state index is -1.35. The van der Waals surface area contributed by atoms with Crippen molar-refractivity contribution < 1.29 is 14.7 Å². The van der Waals surface area contributed by atoms with Gasteiger partial charge in [0.25, 0.3) is 11.5 Å². The van der Waals surface area contributed by atoms with Crippen LogP contribution in [0.15, 0.2) is 75.6 Å². The van der Waals surface area contributed by atoms with Gasteiger partial charge in [-0.25, -0.2) is 9.67 Å². The number of aliphatic imine (C=N–C) groups is 1. The van der Waals surface area contributed by atoms with Crippen molar-refractivity contribution in [1.82, 2.24) is 14.4 Å². The molecule has 1 atom stereocenters. The van der Waals surface area contributed by atoms with E-state index in [2.05, 4.69) is 10.1 Å². The third kappa shape index (κ3) is 4.51. The number of hydrazone groups is 1. The second-order valence-electron chi connectivity index (χ2n) is 7.29. The Morgan fingerprint density at radius 2 is 1.73 bits per heavy atom. The van der Waals surface area contributed by atoms with Crippen molar-refractivity contribution in [3.05, 3.63) is 82.3 Å². The number of para-hydroxylation sites is 1. The molecule has 0 aliphatic carbocycles. The summed E-state index contributed by atoms with van der Waals surface area (Å²) in [6.45, 7) is 1.75. The monoisotopic (exact) mass is 462 g/mol. The summed E-state index contributed by atoms with van der Waals surface area (Å²) in [6.07, 6.45) is 0.997. The van der Waals surface area contributed by atoms with Crippen molar-refractivity contribution in [3.63, 3.8) is 0 Å². The number of rotatable bonds is 6. The average Bonchev–Trinajstić information content (AvgIpc) is 3.21. The van der Waals surface area contributed by atoms with E-state index in [1.54, 1.807) is 30.8 Å². The van der Waals surface area contributed by atoms with Crippen LogP contribution < -0.4 is 10.7 Å². The standard InChI is InChI=1S/C23H21N5O4S/c1-15-20(22(32)28(26(15)2)17-11-7-4-8-12-17)25-23-27(21(31)18(33-23)13-19(29)30)24-14-16-9-5-3-6-10-16/h3-12,14,18H,13H2,1-2H3,(H,29,30)/p-1/b24-14-,25-23?/t18-/m0/s1. The number of amides is 1. The van der Waals surface area contributed by atoms with Crippen molar-refractivity contribution in [2.75, 3.05) is 0 Å². The third-order valence-corrected chi connectivity index (χ3v) is 6.25. The van der Waals surface area contributed by atoms with Gasteiger partial charge in [0.05, 0.1) is 22.8 Å². The molecule has 10 heteroatoms. The molecule has 0 unspecified atom stereocenters. The van der Waals surface area contributed by atoms with Gasteiger partial charge in [-0.15, -0.1) is 0 Å². The van der Waals surface area contributed by atoms with E-state index in [0.717, 1.165) is 22.3 Å². The first-order valence-corrected chi connectivity index (χ1v) is 11.0. The number of carboxylic acid groups (broad SMARTS) is 1. The summed E-state index contributed by atoms with van der Waals surface area (Å²) in [4.78, 5) is 41.7. The number of amidine groups is 1. The molecule has 1 aromatic heterocycles. The Kier molecular flexibility index (Phi) is 6.27. The maximum Gasteiger partial charge on any atom is 0.297 e. The van der Waals surface area contributed by atoms with Gasteiger partial charge in [-0.2, -0.15) is 10.1 Å². The summed E-state index contributed by atoms with van der Waals surface area (Å²) in [7, 11) is 1.74. The van der Waals surface area contributed by atoms with Crippen LogP contribution in [0.1, 0.15) is 17.7 Å². The summed E-state index contributed by atoms with van der Waals surface area (Å²) < 4.78 is 3.15. The van der Waals surface area contributed by atoms with Crippen LogP contribution in [-0.2, 0) is 16.6 Å². The zero-order valence-corrected chi connectivity index (χ0v) is 18.7. The molecule has 168 valence electrons. The number of benzene rings is 2. The van der Waals surface area contributed by atoms with Crippen molar-refractivity contribution in [1.29, 1.82) is 0 Å². The molecule has 1 saturated heterocycles. The molecule has 1 amide bonds. The van der Waals surface area contributed by atoms with E-state index in [4.69, 9.17) is 0 Å². The molecule has 1 aliphatic rings. The lowest BCUT2D eigenvalue weighted by atomic mass is 10.2. The first-order chi connectivity index (χ1) is 15.9. The maximum absolute atomic E-state index is 13.2. The van der Waals surface area contributed by atoms with Gasteiger partial charge >= 0.3 is 0 Å². The van der Waals surface area contributed by atoms with E-state index >= 15 is 0 Å². The van der Waals surface area contributed by atoms with Gasteiger partial charge in [0.15, 0.2) is 10.9 Å². The Bertz CT molecular complexity index is 1310. The highest BCUT2D eigenvalue weighted by atomic mass is 32.2. The van der Waals surface area contributed by atoms with E-state index in [1.165, 1.54) is 10.9 Å². The topological polar surface area (TPSA) is 112 Å². The molecule has 0 radical (unpaired) electrons. The summed E-state index contributed by atoms with van der Waals surface area (Å²) in [5.74, 6) is -1.89. The van der Waals surface area contributed by atoms with Crippen LogP contribution in [0.25, 0.3) is 5.69 Å². The van der Waals surface area contributed by atoms with E-state index in [-0.39, 0.29) is 16.4 Å². The molecule has 1 fully saturated rings. The molecule has 4 rings (SSSR count). The first kappa shape index (κ1) is 22.3. The van der Waals surface area contributed by atoms with Crippen LogP contribution >= 0.6 is 11.8 Å². The number of carbonyl (C=O) groups excluding carboxylic acids is 2. The van der Waals surface area contributed by atoms with Crippen molar-refractivity contribution >= 4 is 40.7 Å². The molecule has 9 nitrogen and oxygen atoms in total. The van der Waals surface area contributed by atoms with Crippen molar-refractivity contribution in [3.8, 4) is 5.69 Å². The molecule has 33 heavy (non-hydrogen) atoms. The van der Waals surface area contributed by atoms with Gasteiger partial charge in [0, 0.05) is 19.4 Å². The zero-order valence-electron chi connectivity index (χ0n) is 17.9. The number of carboxylic acids is 1. The fraction of sp³-hybridized carbons (Fsp3) is 0.174. The van der Waals surface area contributed by atoms with E-state index in [1.807, 2.05) is 48.5 Å². The number of aromatic nitrogens is 2. The minimum absolute atomic E-state index is 0.129. The van der Waals surface area contributed by atoms with Crippen LogP contribution in [-0.4, -0.2) is 42.9 Å². The Labute approximate surface area is 193 Å². The molecule has 0 bridgehead atoms. The lowest BCUT2D eigenvalue weighted by molar-refractivity contribution is -0.305. The van der Waals surface area contributed by atoms with Gasteiger partial charge < -0.3 is 9.90 Å². The minimum Gasteiger partial charge on any atom is -0.550 e. The summed E-state index contributed by atoms with van der Waals surface area (Å²) in [5.41, 5.74) is 1.78. The quantitative estimate of drug-likeness (QED) is 0.517. The van der Waals surface area contributed by atoms with Crippen molar-refractivity contribution in [2.45, 2.75) is 18.6 Å². The van der Waals surface area contributed by atoms with Crippen molar-refractivity contribution in [2.24, 2.45) is 17.1 Å². The highest BCUT2D eigenvalue weighted by molar-refractivity contribution is 8.15. The summed E-state index contributed by atoms with van der Waals surface area (Å²) >= 11 is 0.948. The zero-order chi connectivity index (χ0) is 23.5. The van der Waals surface area contributed by atoms with Gasteiger partial charge in [-0.05, 0) is 24.6 Å². The van der Waals surface area contributed by atoms with Gasteiger partial charge in [0.2, 0.25) is 0 Å². The van der Waals surface area contributed by atoms with Crippen LogP contribution in [0.2, 0.25) is 0 Å². The number of hydrogen-bond donors (Lipinski definition) is 0. The number of hydrogen-bond acceptors (Lipinski definition) is 7. The molecule has 0 N–H and O–H groups in total. The smallest absolute Gasteiger partial charge is 0.297 e. The predicted octanol–water partition coefficient (Wildman–Crippen LogP) is 1.59. The van der Waals surface area contributed by atoms with Gasteiger partial charge in [-0.1, -0.05) is 60.3 Å². The predicted molar refractivity (Wildman–Crippen MR) is 125 cm³/mol. The summed E-state index contributed by atoms with van der Waals surface area (Å²) in [5, 5.41) is 15.6. The van der Waals surface area contributed by atoms with Gasteiger partial charge in [-0.3, -0.25) is 14.3 Å². The molecule has 1 aliphatic heterocycles. The number of nitrogens with zero attached hydrogens (tertiary/aromatic N) is 5. The second kappa shape index (κ2) is 9.29. The SMILES string of the molecule is Cc1c(N=C2S[C@@H](CC(=O)[O-])C(=O)N2/N=C\c2ccccc2)c(=O)n(-c2ccccc2)n1C. The Morgan fingerprint density at radius 3 is 2.36 bits per heavy atom. The number of thioether (sulfide) groups is 1. The Balaban J connectivity index is 1.77. The van der Waals surface area contributed by atoms with E-state index < -0.39 is 23.5 Å². The molecule has 3 aromatic rings. The fourth-order valence-corrected chi connectivity index (χ4v) is 4.42.